The maximum absolute atomic E-state index is 12.3. The van der Waals surface area contributed by atoms with Crippen molar-refractivity contribution < 1.29 is 15.0 Å². The first-order valence-electron chi connectivity index (χ1n) is 16.2. The monoisotopic (exact) mass is 545 g/mol. The van der Waals surface area contributed by atoms with E-state index in [2.05, 4.69) is 28.4 Å². The Bertz CT molecular complexity index is 695. The Balaban J connectivity index is 1.98. The van der Waals surface area contributed by atoms with Gasteiger partial charge in [0.05, 0.1) is 18.8 Å². The Labute approximate surface area is 239 Å². The molecule has 1 aliphatic rings. The number of carbonyl (C=O) groups excluding carboxylic acids is 1. The number of amides is 1. The van der Waals surface area contributed by atoms with Crippen molar-refractivity contribution in [3.8, 4) is 12.3 Å². The molecule has 1 amide bonds. The van der Waals surface area contributed by atoms with Gasteiger partial charge < -0.3 is 15.5 Å². The summed E-state index contributed by atoms with van der Waals surface area (Å²) in [5.41, 5.74) is -0.120. The van der Waals surface area contributed by atoms with Gasteiger partial charge in [-0.3, -0.25) is 4.79 Å². The molecule has 0 aromatic rings. The third-order valence-corrected chi connectivity index (χ3v) is 7.78. The van der Waals surface area contributed by atoms with E-state index in [0.29, 0.717) is 6.42 Å². The van der Waals surface area contributed by atoms with Crippen LogP contribution in [-0.4, -0.2) is 40.5 Å². The number of carbonyl (C=O) groups is 1. The molecule has 0 spiro atoms. The van der Waals surface area contributed by atoms with Crippen molar-refractivity contribution in [2.45, 2.75) is 172 Å². The molecule has 0 radical (unpaired) electrons. The quantitative estimate of drug-likeness (QED) is 0.0526. The fraction of sp³-hybridized carbons (Fsp3) is 0.848. The molecule has 0 aromatic carbocycles. The summed E-state index contributed by atoms with van der Waals surface area (Å²) in [6, 6.07) is -0.641. The Kier molecular flexibility index (Phi) is 21.8. The van der Waals surface area contributed by atoms with Gasteiger partial charge in [0, 0.05) is 12.8 Å². The average molecular weight is 546 g/mol. The average Bonchev–Trinajstić information content (AvgIpc) is 3.71. The van der Waals surface area contributed by atoms with Crippen LogP contribution in [0.2, 0.25) is 0 Å². The number of aliphatic hydroxyl groups excluding tert-OH is 2. The van der Waals surface area contributed by atoms with Gasteiger partial charge in [-0.05, 0) is 44.9 Å². The summed E-state index contributed by atoms with van der Waals surface area (Å²) < 4.78 is 0. The number of nitrogens with zero attached hydrogens (tertiary/aromatic N) is 2. The van der Waals surface area contributed by atoms with E-state index in [1.165, 1.54) is 70.6 Å². The van der Waals surface area contributed by atoms with E-state index in [4.69, 9.17) is 6.42 Å². The summed E-state index contributed by atoms with van der Waals surface area (Å²) in [6.07, 6.45) is 34.2. The standard InChI is InChI=1S/C33H59N3O3/c1-3-5-7-8-9-10-11-12-13-14-15-18-21-25-31(38)30(29-37)34-32(39)26-22-19-16-17-20-24-28-33(35-36-33)27-23-6-4-2/h2,21,25,30-31,37-38H,3,5-20,22-24,26-29H2,1H3,(H,34,39)/b25-21+/t30-,31+/m0/s1. The number of rotatable bonds is 28. The predicted octanol–water partition coefficient (Wildman–Crippen LogP) is 8.17. The lowest BCUT2D eigenvalue weighted by Gasteiger charge is -2.20. The third kappa shape index (κ3) is 19.9. The molecule has 224 valence electrons. The van der Waals surface area contributed by atoms with E-state index in [9.17, 15) is 15.0 Å². The van der Waals surface area contributed by atoms with Gasteiger partial charge in [0.15, 0.2) is 5.66 Å². The van der Waals surface area contributed by atoms with Crippen LogP contribution in [0.15, 0.2) is 22.4 Å². The Hall–Kier alpha value is -1.71. The van der Waals surface area contributed by atoms with Crippen molar-refractivity contribution in [2.75, 3.05) is 6.61 Å². The fourth-order valence-corrected chi connectivity index (χ4v) is 5.08. The highest BCUT2D eigenvalue weighted by atomic mass is 16.3. The molecule has 3 N–H and O–H groups in total. The van der Waals surface area contributed by atoms with Crippen LogP contribution >= 0.6 is 0 Å². The minimum Gasteiger partial charge on any atom is -0.394 e. The molecule has 0 fully saturated rings. The van der Waals surface area contributed by atoms with Crippen LogP contribution in [-0.2, 0) is 4.79 Å². The van der Waals surface area contributed by atoms with E-state index >= 15 is 0 Å². The number of aliphatic hydroxyl groups is 2. The second kappa shape index (κ2) is 24.1. The minimum absolute atomic E-state index is 0.0993. The first-order valence-corrected chi connectivity index (χ1v) is 16.2. The van der Waals surface area contributed by atoms with Crippen molar-refractivity contribution in [2.24, 2.45) is 10.2 Å². The second-order valence-electron chi connectivity index (χ2n) is 11.5. The molecule has 1 rings (SSSR count). The van der Waals surface area contributed by atoms with Gasteiger partial charge in [-0.25, -0.2) is 0 Å². The Morgan fingerprint density at radius 1 is 0.846 bits per heavy atom. The summed E-state index contributed by atoms with van der Waals surface area (Å²) in [7, 11) is 0. The van der Waals surface area contributed by atoms with E-state index in [1.807, 2.05) is 6.08 Å². The summed E-state index contributed by atoms with van der Waals surface area (Å²) in [4.78, 5) is 12.3. The summed E-state index contributed by atoms with van der Waals surface area (Å²) in [5.74, 6) is 2.58. The van der Waals surface area contributed by atoms with Crippen molar-refractivity contribution in [1.29, 1.82) is 0 Å². The van der Waals surface area contributed by atoms with Crippen LogP contribution < -0.4 is 5.32 Å². The van der Waals surface area contributed by atoms with E-state index in [-0.39, 0.29) is 18.2 Å². The molecule has 0 unspecified atom stereocenters. The minimum atomic E-state index is -0.855. The lowest BCUT2D eigenvalue weighted by Crippen LogP contribution is -2.45. The fourth-order valence-electron chi connectivity index (χ4n) is 5.08. The highest BCUT2D eigenvalue weighted by molar-refractivity contribution is 5.76. The van der Waals surface area contributed by atoms with Gasteiger partial charge >= 0.3 is 0 Å². The molecule has 0 saturated heterocycles. The van der Waals surface area contributed by atoms with E-state index in [0.717, 1.165) is 70.6 Å². The number of hydrogen-bond donors (Lipinski definition) is 3. The third-order valence-electron chi connectivity index (χ3n) is 7.78. The maximum Gasteiger partial charge on any atom is 0.220 e. The van der Waals surface area contributed by atoms with Gasteiger partial charge in [-0.1, -0.05) is 109 Å². The topological polar surface area (TPSA) is 94.3 Å². The molecule has 1 aliphatic heterocycles. The maximum atomic E-state index is 12.3. The molecule has 0 aliphatic carbocycles. The number of allylic oxidation sites excluding steroid dienone is 1. The smallest absolute Gasteiger partial charge is 0.220 e. The zero-order valence-electron chi connectivity index (χ0n) is 25.1. The number of unbranched alkanes of at least 4 members (excludes halogenated alkanes) is 17. The summed E-state index contributed by atoms with van der Waals surface area (Å²) in [6.45, 7) is 1.99. The first kappa shape index (κ1) is 35.3. The van der Waals surface area contributed by atoms with Gasteiger partial charge in [-0.2, -0.15) is 10.2 Å². The predicted molar refractivity (Wildman–Crippen MR) is 162 cm³/mol. The molecule has 6 nitrogen and oxygen atoms in total. The Morgan fingerprint density at radius 2 is 1.38 bits per heavy atom. The number of hydrogen-bond acceptors (Lipinski definition) is 5. The second-order valence-corrected chi connectivity index (χ2v) is 11.5. The highest BCUT2D eigenvalue weighted by Crippen LogP contribution is 2.38. The van der Waals surface area contributed by atoms with Crippen LogP contribution in [0.3, 0.4) is 0 Å². The van der Waals surface area contributed by atoms with Gasteiger partial charge in [0.25, 0.3) is 0 Å². The molecule has 2 atom stereocenters. The molecule has 6 heteroatoms. The lowest BCUT2D eigenvalue weighted by molar-refractivity contribution is -0.123. The zero-order valence-corrected chi connectivity index (χ0v) is 25.1. The highest BCUT2D eigenvalue weighted by Gasteiger charge is 2.38. The largest absolute Gasteiger partial charge is 0.394 e. The van der Waals surface area contributed by atoms with Gasteiger partial charge in [-0.15, -0.1) is 12.3 Å². The molecule has 0 saturated carbocycles. The van der Waals surface area contributed by atoms with Gasteiger partial charge in [0.1, 0.15) is 0 Å². The molecular formula is C33H59N3O3. The molecule has 1 heterocycles. The van der Waals surface area contributed by atoms with Crippen LogP contribution in [0.25, 0.3) is 0 Å². The number of nitrogens with one attached hydrogen (secondary N) is 1. The van der Waals surface area contributed by atoms with Crippen molar-refractivity contribution >= 4 is 5.91 Å². The van der Waals surface area contributed by atoms with Crippen LogP contribution in [0.5, 0.6) is 0 Å². The lowest BCUT2D eigenvalue weighted by atomic mass is 9.98. The Morgan fingerprint density at radius 3 is 1.95 bits per heavy atom. The SMILES string of the molecule is C#CCCCC1(CCCCCCCCC(=O)N[C@@H](CO)[C@H](O)/C=C/CCCCCCCCCCCCC)N=N1. The zero-order chi connectivity index (χ0) is 28.4. The van der Waals surface area contributed by atoms with E-state index in [1.54, 1.807) is 6.08 Å². The molecular weight excluding hydrogens is 486 g/mol. The van der Waals surface area contributed by atoms with E-state index < -0.39 is 12.1 Å². The summed E-state index contributed by atoms with van der Waals surface area (Å²) in [5, 5.41) is 31.3. The van der Waals surface area contributed by atoms with Gasteiger partial charge in [0.2, 0.25) is 5.91 Å². The molecule has 39 heavy (non-hydrogen) atoms. The van der Waals surface area contributed by atoms with Crippen molar-refractivity contribution in [1.82, 2.24) is 5.32 Å². The van der Waals surface area contributed by atoms with Crippen LogP contribution in [0.1, 0.15) is 155 Å². The molecule has 0 bridgehead atoms. The van der Waals surface area contributed by atoms with Crippen molar-refractivity contribution in [3.63, 3.8) is 0 Å². The number of terminal acetylenes is 1. The van der Waals surface area contributed by atoms with Crippen molar-refractivity contribution in [3.05, 3.63) is 12.2 Å². The first-order chi connectivity index (χ1) is 19.1. The molecule has 0 aromatic heterocycles. The van der Waals surface area contributed by atoms with Crippen LogP contribution in [0, 0.1) is 12.3 Å². The van der Waals surface area contributed by atoms with Crippen LogP contribution in [0.4, 0.5) is 0 Å². The summed E-state index contributed by atoms with van der Waals surface area (Å²) >= 11 is 0. The normalized spacial score (nSPS) is 15.3.